The summed E-state index contributed by atoms with van der Waals surface area (Å²) in [6.07, 6.45) is 13.6. The number of unbranched alkanes of at least 4 members (excludes halogenated alkanes) is 7. The average Bonchev–Trinajstić information content (AvgIpc) is 3.09. The van der Waals surface area contributed by atoms with Crippen LogP contribution in [0.3, 0.4) is 0 Å². The highest BCUT2D eigenvalue weighted by molar-refractivity contribution is 5.82. The van der Waals surface area contributed by atoms with Crippen molar-refractivity contribution in [2.24, 2.45) is 5.92 Å². The standard InChI is InChI=1S/C19H29N5O2/c1-3-5-6-7-8-9-10-11-12-14(4-2)18(25)26-19-23-16(20)15-17(24-19)22-13-21-15/h4,13-14H,2-3,5-12H2,1H3,(H3,20,21,22,23,24). The number of imidazole rings is 1. The first-order chi connectivity index (χ1) is 12.7. The summed E-state index contributed by atoms with van der Waals surface area (Å²) in [5.41, 5.74) is 6.71. The number of rotatable bonds is 12. The molecule has 0 radical (unpaired) electrons. The fourth-order valence-electron chi connectivity index (χ4n) is 2.88. The van der Waals surface area contributed by atoms with Crippen LogP contribution in [0.25, 0.3) is 11.2 Å². The van der Waals surface area contributed by atoms with Crippen molar-refractivity contribution in [2.75, 3.05) is 5.73 Å². The quantitative estimate of drug-likeness (QED) is 0.334. The number of H-pyrrole nitrogens is 1. The fourth-order valence-corrected chi connectivity index (χ4v) is 2.88. The Morgan fingerprint density at radius 1 is 1.23 bits per heavy atom. The van der Waals surface area contributed by atoms with E-state index in [4.69, 9.17) is 10.5 Å². The van der Waals surface area contributed by atoms with Crippen molar-refractivity contribution in [3.8, 4) is 6.01 Å². The molecule has 0 aromatic carbocycles. The van der Waals surface area contributed by atoms with Crippen LogP contribution in [0, 0.1) is 5.92 Å². The van der Waals surface area contributed by atoms with Crippen molar-refractivity contribution in [2.45, 2.75) is 64.7 Å². The maximum Gasteiger partial charge on any atom is 0.328 e. The van der Waals surface area contributed by atoms with Gasteiger partial charge >= 0.3 is 12.0 Å². The number of ether oxygens (including phenoxy) is 1. The molecule has 142 valence electrons. The first-order valence-electron chi connectivity index (χ1n) is 9.46. The van der Waals surface area contributed by atoms with Crippen LogP contribution in [-0.2, 0) is 4.79 Å². The molecule has 0 fully saturated rings. The molecule has 7 nitrogen and oxygen atoms in total. The molecule has 26 heavy (non-hydrogen) atoms. The number of aromatic amines is 1. The van der Waals surface area contributed by atoms with Crippen molar-refractivity contribution in [1.82, 2.24) is 19.9 Å². The summed E-state index contributed by atoms with van der Waals surface area (Å²) < 4.78 is 5.28. The summed E-state index contributed by atoms with van der Waals surface area (Å²) in [6, 6.07) is -0.0742. The summed E-state index contributed by atoms with van der Waals surface area (Å²) in [4.78, 5) is 27.3. The van der Waals surface area contributed by atoms with E-state index in [2.05, 4.69) is 33.4 Å². The number of esters is 1. The molecule has 2 rings (SSSR count). The van der Waals surface area contributed by atoms with Crippen LogP contribution in [0.1, 0.15) is 64.7 Å². The van der Waals surface area contributed by atoms with Gasteiger partial charge in [0.1, 0.15) is 5.52 Å². The number of nitrogens with two attached hydrogens (primary N) is 1. The number of nitrogen functional groups attached to an aromatic ring is 1. The lowest BCUT2D eigenvalue weighted by Crippen LogP contribution is -2.20. The van der Waals surface area contributed by atoms with E-state index in [1.807, 2.05) is 0 Å². The summed E-state index contributed by atoms with van der Waals surface area (Å²) in [7, 11) is 0. The Hall–Kier alpha value is -2.44. The Kier molecular flexibility index (Phi) is 8.05. The number of fused-ring (bicyclic) bond motifs is 1. The molecule has 1 atom stereocenters. The minimum Gasteiger partial charge on any atom is -0.390 e. The maximum atomic E-state index is 12.3. The SMILES string of the molecule is C=CC(CCCCCCCCCC)C(=O)Oc1nc(N)c2[nH]cnc2n1. The van der Waals surface area contributed by atoms with Gasteiger partial charge in [0, 0.05) is 0 Å². The second-order valence-corrected chi connectivity index (χ2v) is 6.52. The van der Waals surface area contributed by atoms with E-state index >= 15 is 0 Å². The third-order valence-corrected chi connectivity index (χ3v) is 4.44. The first kappa shape index (κ1) is 19.9. The number of aromatic nitrogens is 4. The molecule has 7 heteroatoms. The first-order valence-corrected chi connectivity index (χ1v) is 9.46. The predicted molar refractivity (Wildman–Crippen MR) is 103 cm³/mol. The minimum absolute atomic E-state index is 0.0742. The lowest BCUT2D eigenvalue weighted by Gasteiger charge is -2.11. The van der Waals surface area contributed by atoms with Crippen molar-refractivity contribution >= 4 is 23.0 Å². The second-order valence-electron chi connectivity index (χ2n) is 6.52. The Balaban J connectivity index is 1.76. The average molecular weight is 359 g/mol. The van der Waals surface area contributed by atoms with E-state index < -0.39 is 5.97 Å². The van der Waals surface area contributed by atoms with Gasteiger partial charge in [0.05, 0.1) is 12.2 Å². The van der Waals surface area contributed by atoms with Gasteiger partial charge in [0.25, 0.3) is 0 Å². The minimum atomic E-state index is -0.405. The van der Waals surface area contributed by atoms with Crippen LogP contribution in [0.5, 0.6) is 6.01 Å². The molecule has 0 bridgehead atoms. The molecule has 2 heterocycles. The van der Waals surface area contributed by atoms with Crippen LogP contribution in [-0.4, -0.2) is 25.9 Å². The summed E-state index contributed by atoms with van der Waals surface area (Å²) in [6.45, 7) is 5.97. The van der Waals surface area contributed by atoms with Crippen molar-refractivity contribution in [3.63, 3.8) is 0 Å². The van der Waals surface area contributed by atoms with Crippen LogP contribution in [0.2, 0.25) is 0 Å². The monoisotopic (exact) mass is 359 g/mol. The van der Waals surface area contributed by atoms with E-state index in [9.17, 15) is 4.79 Å². The molecule has 0 saturated heterocycles. The number of anilines is 1. The number of hydrogen-bond acceptors (Lipinski definition) is 6. The molecule has 2 aromatic rings. The van der Waals surface area contributed by atoms with Crippen LogP contribution < -0.4 is 10.5 Å². The molecule has 0 spiro atoms. The Labute approximate surface area is 154 Å². The topological polar surface area (TPSA) is 107 Å². The lowest BCUT2D eigenvalue weighted by atomic mass is 10.00. The van der Waals surface area contributed by atoms with Crippen LogP contribution >= 0.6 is 0 Å². The highest BCUT2D eigenvalue weighted by atomic mass is 16.5. The zero-order chi connectivity index (χ0) is 18.8. The number of carbonyl (C=O) groups excluding carboxylic acids is 1. The third-order valence-electron chi connectivity index (χ3n) is 4.44. The van der Waals surface area contributed by atoms with Gasteiger partial charge in [0.15, 0.2) is 11.5 Å². The van der Waals surface area contributed by atoms with Crippen molar-refractivity contribution in [3.05, 3.63) is 19.0 Å². The van der Waals surface area contributed by atoms with E-state index in [1.165, 1.54) is 44.9 Å². The summed E-state index contributed by atoms with van der Waals surface area (Å²) >= 11 is 0. The molecule has 2 aromatic heterocycles. The molecule has 0 amide bonds. The normalized spacial score (nSPS) is 12.2. The van der Waals surface area contributed by atoms with Gasteiger partial charge in [-0.15, -0.1) is 6.58 Å². The van der Waals surface area contributed by atoms with E-state index in [1.54, 1.807) is 6.08 Å². The molecule has 1 unspecified atom stereocenters. The van der Waals surface area contributed by atoms with E-state index in [-0.39, 0.29) is 17.7 Å². The summed E-state index contributed by atoms with van der Waals surface area (Å²) in [5, 5.41) is 0. The number of carbonyl (C=O) groups is 1. The second kappa shape index (κ2) is 10.5. The Bertz CT molecular complexity index is 713. The van der Waals surface area contributed by atoms with E-state index in [0.29, 0.717) is 11.2 Å². The zero-order valence-corrected chi connectivity index (χ0v) is 15.5. The predicted octanol–water partition coefficient (Wildman–Crippen LogP) is 4.17. The highest BCUT2D eigenvalue weighted by Crippen LogP contribution is 2.19. The number of hydrogen-bond donors (Lipinski definition) is 2. The largest absolute Gasteiger partial charge is 0.390 e. The van der Waals surface area contributed by atoms with Crippen LogP contribution in [0.4, 0.5) is 5.82 Å². The number of nitrogens with zero attached hydrogens (tertiary/aromatic N) is 3. The zero-order valence-electron chi connectivity index (χ0n) is 15.5. The number of nitrogens with one attached hydrogen (secondary N) is 1. The third kappa shape index (κ3) is 5.82. The lowest BCUT2D eigenvalue weighted by molar-refractivity contribution is -0.138. The molecule has 3 N–H and O–H groups in total. The van der Waals surface area contributed by atoms with Crippen molar-refractivity contribution in [1.29, 1.82) is 0 Å². The van der Waals surface area contributed by atoms with Gasteiger partial charge in [-0.25, -0.2) is 4.98 Å². The van der Waals surface area contributed by atoms with Gasteiger partial charge in [-0.1, -0.05) is 64.4 Å². The van der Waals surface area contributed by atoms with Gasteiger partial charge in [-0.05, 0) is 6.42 Å². The van der Waals surface area contributed by atoms with Gasteiger partial charge in [-0.3, -0.25) is 4.79 Å². The maximum absolute atomic E-state index is 12.3. The molecular formula is C19H29N5O2. The fraction of sp³-hybridized carbons (Fsp3) is 0.579. The summed E-state index contributed by atoms with van der Waals surface area (Å²) in [5.74, 6) is -0.569. The van der Waals surface area contributed by atoms with Crippen LogP contribution in [0.15, 0.2) is 19.0 Å². The molecule has 0 saturated carbocycles. The molecule has 0 aliphatic heterocycles. The molecule has 0 aliphatic rings. The van der Waals surface area contributed by atoms with E-state index in [0.717, 1.165) is 19.3 Å². The van der Waals surface area contributed by atoms with Gasteiger partial charge < -0.3 is 15.5 Å². The van der Waals surface area contributed by atoms with Gasteiger partial charge in [0.2, 0.25) is 0 Å². The van der Waals surface area contributed by atoms with Crippen molar-refractivity contribution < 1.29 is 9.53 Å². The molecular weight excluding hydrogens is 330 g/mol. The highest BCUT2D eigenvalue weighted by Gasteiger charge is 2.19. The Morgan fingerprint density at radius 2 is 1.92 bits per heavy atom. The smallest absolute Gasteiger partial charge is 0.328 e. The van der Waals surface area contributed by atoms with Gasteiger partial charge in [-0.2, -0.15) is 9.97 Å². The molecule has 0 aliphatic carbocycles. The Morgan fingerprint density at radius 3 is 2.62 bits per heavy atom.